The van der Waals surface area contributed by atoms with Crippen LogP contribution in [0.5, 0.6) is 5.75 Å². The number of nitrogens with zero attached hydrogens (tertiary/aromatic N) is 3. The summed E-state index contributed by atoms with van der Waals surface area (Å²) in [5, 5.41) is 7.62. The van der Waals surface area contributed by atoms with E-state index in [1.54, 1.807) is 36.8 Å². The molecule has 2 unspecified atom stereocenters. The molecule has 4 rings (SSSR count). The predicted molar refractivity (Wildman–Crippen MR) is 138 cm³/mol. The van der Waals surface area contributed by atoms with Gasteiger partial charge in [-0.1, -0.05) is 12.1 Å². The van der Waals surface area contributed by atoms with E-state index in [1.165, 1.54) is 10.6 Å². The number of rotatable bonds is 8. The smallest absolute Gasteiger partial charge is 0.309 e. The van der Waals surface area contributed by atoms with Gasteiger partial charge in [-0.3, -0.25) is 19.5 Å². The quantitative estimate of drug-likeness (QED) is 0.470. The van der Waals surface area contributed by atoms with E-state index >= 15 is 0 Å². The predicted octanol–water partition coefficient (Wildman–Crippen LogP) is 2.84. The zero-order valence-corrected chi connectivity index (χ0v) is 20.8. The maximum atomic E-state index is 12.6. The molecule has 9 heteroatoms. The number of pyridine rings is 1. The highest BCUT2D eigenvalue weighted by molar-refractivity contribution is 7.10. The second-order valence-corrected chi connectivity index (χ2v) is 9.43. The van der Waals surface area contributed by atoms with E-state index in [0.29, 0.717) is 5.69 Å². The van der Waals surface area contributed by atoms with Gasteiger partial charge < -0.3 is 20.3 Å². The van der Waals surface area contributed by atoms with E-state index in [9.17, 15) is 9.59 Å². The van der Waals surface area contributed by atoms with Crippen molar-refractivity contribution in [3.05, 3.63) is 76.7 Å². The molecule has 2 atom stereocenters. The molecule has 3 heterocycles. The molecule has 1 fully saturated rings. The topological polar surface area (TPSA) is 86.8 Å². The summed E-state index contributed by atoms with van der Waals surface area (Å²) in [6.07, 6.45) is 1.66. The molecular weight excluding hydrogens is 462 g/mol. The summed E-state index contributed by atoms with van der Waals surface area (Å²) in [5.41, 5.74) is 1.87. The normalized spacial score (nSPS) is 15.8. The molecule has 0 spiro atoms. The Morgan fingerprint density at radius 2 is 1.80 bits per heavy atom. The van der Waals surface area contributed by atoms with Gasteiger partial charge in [0, 0.05) is 49.0 Å². The van der Waals surface area contributed by atoms with Gasteiger partial charge >= 0.3 is 11.8 Å². The van der Waals surface area contributed by atoms with Crippen molar-refractivity contribution >= 4 is 28.8 Å². The Hall–Kier alpha value is -3.43. The summed E-state index contributed by atoms with van der Waals surface area (Å²) in [6, 6.07) is 17.4. The second kappa shape index (κ2) is 11.8. The number of hydrogen-bond acceptors (Lipinski definition) is 7. The van der Waals surface area contributed by atoms with Gasteiger partial charge in [-0.2, -0.15) is 0 Å². The fourth-order valence-corrected chi connectivity index (χ4v) is 5.32. The van der Waals surface area contributed by atoms with Crippen LogP contribution in [0.1, 0.15) is 23.5 Å². The number of ether oxygens (including phenoxy) is 1. The molecule has 1 aromatic carbocycles. The SMILES string of the molecule is COc1ccc(N2CCN(C(c3cccs3)C(C)NC(=O)C(=O)NCc3ccccn3)CC2)cc1. The molecule has 1 saturated heterocycles. The number of amides is 2. The number of piperazine rings is 1. The number of carbonyl (C=O) groups is 2. The van der Waals surface area contributed by atoms with Crippen molar-refractivity contribution in [1.82, 2.24) is 20.5 Å². The van der Waals surface area contributed by atoms with Crippen molar-refractivity contribution in [3.8, 4) is 5.75 Å². The molecule has 8 nitrogen and oxygen atoms in total. The largest absolute Gasteiger partial charge is 0.497 e. The first kappa shape index (κ1) is 24.7. The van der Waals surface area contributed by atoms with Crippen LogP contribution in [-0.4, -0.2) is 61.0 Å². The minimum Gasteiger partial charge on any atom is -0.497 e. The number of aromatic nitrogens is 1. The zero-order chi connectivity index (χ0) is 24.6. The number of carbonyl (C=O) groups excluding carboxylic acids is 2. The van der Waals surface area contributed by atoms with Crippen LogP contribution in [0.3, 0.4) is 0 Å². The van der Waals surface area contributed by atoms with Crippen LogP contribution in [0.15, 0.2) is 66.2 Å². The number of anilines is 1. The number of hydrogen-bond donors (Lipinski definition) is 2. The Labute approximate surface area is 209 Å². The summed E-state index contributed by atoms with van der Waals surface area (Å²) in [6.45, 7) is 5.62. The maximum Gasteiger partial charge on any atom is 0.309 e. The first-order valence-electron chi connectivity index (χ1n) is 11.7. The van der Waals surface area contributed by atoms with Crippen LogP contribution >= 0.6 is 11.3 Å². The fraction of sp³-hybridized carbons (Fsp3) is 0.346. The molecule has 184 valence electrons. The molecule has 0 bridgehead atoms. The minimum absolute atomic E-state index is 0.0134. The first-order chi connectivity index (χ1) is 17.0. The third-order valence-electron chi connectivity index (χ3n) is 6.17. The molecule has 1 aliphatic heterocycles. The van der Waals surface area contributed by atoms with E-state index in [2.05, 4.69) is 43.6 Å². The van der Waals surface area contributed by atoms with Gasteiger partial charge in [0.05, 0.1) is 25.4 Å². The van der Waals surface area contributed by atoms with Gasteiger partial charge in [-0.05, 0) is 54.8 Å². The molecule has 2 N–H and O–H groups in total. The number of thiophene rings is 1. The molecule has 0 saturated carbocycles. The van der Waals surface area contributed by atoms with Crippen LogP contribution in [0.4, 0.5) is 5.69 Å². The lowest BCUT2D eigenvalue weighted by molar-refractivity contribution is -0.140. The number of nitrogens with one attached hydrogen (secondary N) is 2. The van der Waals surface area contributed by atoms with Gasteiger partial charge in [-0.25, -0.2) is 0 Å². The lowest BCUT2D eigenvalue weighted by Gasteiger charge is -2.42. The van der Waals surface area contributed by atoms with Crippen LogP contribution in [-0.2, 0) is 16.1 Å². The maximum absolute atomic E-state index is 12.6. The highest BCUT2D eigenvalue weighted by Gasteiger charge is 2.32. The van der Waals surface area contributed by atoms with Gasteiger partial charge in [0.2, 0.25) is 0 Å². The third kappa shape index (κ3) is 6.37. The molecular formula is C26H31N5O3S. The lowest BCUT2D eigenvalue weighted by atomic mass is 10.0. The second-order valence-electron chi connectivity index (χ2n) is 8.45. The molecule has 0 aliphatic carbocycles. The van der Waals surface area contributed by atoms with E-state index in [4.69, 9.17) is 4.74 Å². The Bertz CT molecular complexity index is 1080. The van der Waals surface area contributed by atoms with Crippen molar-refractivity contribution in [2.75, 3.05) is 38.2 Å². The number of benzene rings is 1. The summed E-state index contributed by atoms with van der Waals surface area (Å²) >= 11 is 1.67. The molecule has 2 aromatic heterocycles. The van der Waals surface area contributed by atoms with Gasteiger partial charge in [0.25, 0.3) is 0 Å². The summed E-state index contributed by atoms with van der Waals surface area (Å²) in [5.74, 6) is -0.442. The average molecular weight is 494 g/mol. The molecule has 2 amide bonds. The van der Waals surface area contributed by atoms with Crippen molar-refractivity contribution < 1.29 is 14.3 Å². The Morgan fingerprint density at radius 1 is 1.03 bits per heavy atom. The van der Waals surface area contributed by atoms with Crippen LogP contribution in [0, 0.1) is 0 Å². The van der Waals surface area contributed by atoms with Crippen molar-refractivity contribution in [3.63, 3.8) is 0 Å². The molecule has 0 radical (unpaired) electrons. The van der Waals surface area contributed by atoms with E-state index in [0.717, 1.165) is 31.9 Å². The zero-order valence-electron chi connectivity index (χ0n) is 20.0. The average Bonchev–Trinajstić information content (AvgIpc) is 3.43. The number of methoxy groups -OCH3 is 1. The fourth-order valence-electron chi connectivity index (χ4n) is 4.36. The first-order valence-corrected chi connectivity index (χ1v) is 12.6. The van der Waals surface area contributed by atoms with E-state index in [1.807, 2.05) is 36.6 Å². The summed E-state index contributed by atoms with van der Waals surface area (Å²) < 4.78 is 5.27. The van der Waals surface area contributed by atoms with E-state index < -0.39 is 11.8 Å². The van der Waals surface area contributed by atoms with Gasteiger partial charge in [-0.15, -0.1) is 11.3 Å². The van der Waals surface area contributed by atoms with Gasteiger partial charge in [0.1, 0.15) is 5.75 Å². The molecule has 3 aromatic rings. The lowest BCUT2D eigenvalue weighted by Crippen LogP contribution is -2.53. The summed E-state index contributed by atoms with van der Waals surface area (Å²) in [7, 11) is 1.67. The highest BCUT2D eigenvalue weighted by Crippen LogP contribution is 2.30. The van der Waals surface area contributed by atoms with Gasteiger partial charge in [0.15, 0.2) is 0 Å². The van der Waals surface area contributed by atoms with Crippen LogP contribution < -0.4 is 20.3 Å². The summed E-state index contributed by atoms with van der Waals surface area (Å²) in [4.78, 5) is 35.1. The molecule has 35 heavy (non-hydrogen) atoms. The highest BCUT2D eigenvalue weighted by atomic mass is 32.1. The monoisotopic (exact) mass is 493 g/mol. The standard InChI is InChI=1S/C26H31N5O3S/c1-19(29-26(33)25(32)28-18-20-6-3-4-12-27-20)24(23-7-5-17-35-23)31-15-13-30(14-16-31)21-8-10-22(34-2)11-9-21/h3-12,17,19,24H,13-16,18H2,1-2H3,(H,28,32)(H,29,33). The van der Waals surface area contributed by atoms with Crippen molar-refractivity contribution in [2.45, 2.75) is 25.6 Å². The van der Waals surface area contributed by atoms with Crippen LogP contribution in [0.2, 0.25) is 0 Å². The van der Waals surface area contributed by atoms with Crippen LogP contribution in [0.25, 0.3) is 0 Å². The van der Waals surface area contributed by atoms with Crippen molar-refractivity contribution in [2.24, 2.45) is 0 Å². The van der Waals surface area contributed by atoms with E-state index in [-0.39, 0.29) is 18.6 Å². The third-order valence-corrected chi connectivity index (χ3v) is 7.12. The van der Waals surface area contributed by atoms with Crippen molar-refractivity contribution in [1.29, 1.82) is 0 Å². The minimum atomic E-state index is -0.656. The Balaban J connectivity index is 1.36. The Kier molecular flexibility index (Phi) is 8.33. The molecule has 1 aliphatic rings. The Morgan fingerprint density at radius 3 is 2.43 bits per heavy atom.